The van der Waals surface area contributed by atoms with E-state index in [1.54, 1.807) is 6.92 Å². The van der Waals surface area contributed by atoms with Crippen molar-refractivity contribution in [3.8, 4) is 0 Å². The zero-order valence-corrected chi connectivity index (χ0v) is 9.71. The van der Waals surface area contributed by atoms with Crippen molar-refractivity contribution in [2.24, 2.45) is 0 Å². The highest BCUT2D eigenvalue weighted by molar-refractivity contribution is 5.10. The maximum Gasteiger partial charge on any atom is 0.431 e. The van der Waals surface area contributed by atoms with Gasteiger partial charge in [0.15, 0.2) is 0 Å². The summed E-state index contributed by atoms with van der Waals surface area (Å²) in [7, 11) is 0. The average molecular weight is 248 g/mol. The van der Waals surface area contributed by atoms with Gasteiger partial charge in [-0.2, -0.15) is 13.2 Å². The molecule has 1 unspecified atom stereocenters. The SMILES string of the molecule is CCNC(C)Cn1c(C(F)(F)F)cccc1=O. The van der Waals surface area contributed by atoms with Gasteiger partial charge < -0.3 is 9.88 Å². The van der Waals surface area contributed by atoms with Gasteiger partial charge in [0, 0.05) is 18.7 Å². The number of rotatable bonds is 4. The number of halogens is 3. The molecule has 1 heterocycles. The van der Waals surface area contributed by atoms with Gasteiger partial charge in [0.25, 0.3) is 5.56 Å². The van der Waals surface area contributed by atoms with Gasteiger partial charge in [-0.1, -0.05) is 13.0 Å². The number of hydrogen-bond acceptors (Lipinski definition) is 2. The Balaban J connectivity index is 3.09. The number of aromatic nitrogens is 1. The highest BCUT2D eigenvalue weighted by atomic mass is 19.4. The van der Waals surface area contributed by atoms with E-state index in [2.05, 4.69) is 5.32 Å². The predicted molar refractivity (Wildman–Crippen MR) is 58.8 cm³/mol. The Kier molecular flexibility index (Phi) is 4.34. The Morgan fingerprint density at radius 2 is 2.06 bits per heavy atom. The van der Waals surface area contributed by atoms with Crippen LogP contribution >= 0.6 is 0 Å². The first kappa shape index (κ1) is 13.8. The number of nitrogens with one attached hydrogen (secondary N) is 1. The number of hydrogen-bond donors (Lipinski definition) is 1. The second-order valence-electron chi connectivity index (χ2n) is 3.82. The number of alkyl halides is 3. The number of pyridine rings is 1. The van der Waals surface area contributed by atoms with Crippen LogP contribution in [0.4, 0.5) is 13.2 Å². The molecular weight excluding hydrogens is 233 g/mol. The lowest BCUT2D eigenvalue weighted by Crippen LogP contribution is -2.36. The summed E-state index contributed by atoms with van der Waals surface area (Å²) >= 11 is 0. The molecule has 1 N–H and O–H groups in total. The van der Waals surface area contributed by atoms with Gasteiger partial charge in [0.1, 0.15) is 5.69 Å². The minimum Gasteiger partial charge on any atom is -0.313 e. The first-order valence-electron chi connectivity index (χ1n) is 5.36. The molecule has 1 atom stereocenters. The van der Waals surface area contributed by atoms with E-state index in [4.69, 9.17) is 0 Å². The van der Waals surface area contributed by atoms with Gasteiger partial charge in [0.05, 0.1) is 0 Å². The van der Waals surface area contributed by atoms with Crippen LogP contribution in [0.1, 0.15) is 19.5 Å². The maximum atomic E-state index is 12.7. The van der Waals surface area contributed by atoms with Crippen LogP contribution in [0.2, 0.25) is 0 Å². The first-order chi connectivity index (χ1) is 7.86. The fraction of sp³-hybridized carbons (Fsp3) is 0.545. The van der Waals surface area contributed by atoms with E-state index in [9.17, 15) is 18.0 Å². The molecule has 0 radical (unpaired) electrons. The zero-order valence-electron chi connectivity index (χ0n) is 9.71. The van der Waals surface area contributed by atoms with E-state index >= 15 is 0 Å². The van der Waals surface area contributed by atoms with E-state index in [1.165, 1.54) is 0 Å². The molecule has 0 saturated carbocycles. The second kappa shape index (κ2) is 5.35. The Bertz CT molecular complexity index is 425. The Hall–Kier alpha value is -1.30. The van der Waals surface area contributed by atoms with Crippen molar-refractivity contribution in [3.63, 3.8) is 0 Å². The normalized spacial score (nSPS) is 13.7. The van der Waals surface area contributed by atoms with Crippen LogP contribution in [-0.2, 0) is 12.7 Å². The largest absolute Gasteiger partial charge is 0.431 e. The highest BCUT2D eigenvalue weighted by Crippen LogP contribution is 2.28. The molecule has 0 aliphatic heterocycles. The molecular formula is C11H15F3N2O. The van der Waals surface area contributed by atoms with E-state index in [-0.39, 0.29) is 12.6 Å². The van der Waals surface area contributed by atoms with Gasteiger partial charge in [0.2, 0.25) is 0 Å². The highest BCUT2D eigenvalue weighted by Gasteiger charge is 2.34. The van der Waals surface area contributed by atoms with Crippen molar-refractivity contribution in [2.45, 2.75) is 32.6 Å². The lowest BCUT2D eigenvalue weighted by Gasteiger charge is -2.18. The second-order valence-corrected chi connectivity index (χ2v) is 3.82. The van der Waals surface area contributed by atoms with Crippen molar-refractivity contribution in [3.05, 3.63) is 34.2 Å². The molecule has 6 heteroatoms. The average Bonchev–Trinajstić information content (AvgIpc) is 2.19. The fourth-order valence-electron chi connectivity index (χ4n) is 1.64. The van der Waals surface area contributed by atoms with Crippen molar-refractivity contribution < 1.29 is 13.2 Å². The van der Waals surface area contributed by atoms with Crippen molar-refractivity contribution in [1.82, 2.24) is 9.88 Å². The Labute approximate surface area is 97.3 Å². The van der Waals surface area contributed by atoms with E-state index in [0.717, 1.165) is 22.8 Å². The standard InChI is InChI=1S/C11H15F3N2O/c1-3-15-8(2)7-16-9(11(12,13)14)5-4-6-10(16)17/h4-6,8,15H,3,7H2,1-2H3. The quantitative estimate of drug-likeness (QED) is 0.882. The molecule has 0 fully saturated rings. The van der Waals surface area contributed by atoms with Crippen LogP contribution in [0.15, 0.2) is 23.0 Å². The minimum atomic E-state index is -4.51. The minimum absolute atomic E-state index is 0.00234. The molecule has 0 aliphatic carbocycles. The van der Waals surface area contributed by atoms with Gasteiger partial charge in [-0.3, -0.25) is 4.79 Å². The number of nitrogens with zero attached hydrogens (tertiary/aromatic N) is 1. The van der Waals surface area contributed by atoms with Crippen molar-refractivity contribution >= 4 is 0 Å². The molecule has 0 saturated heterocycles. The van der Waals surface area contributed by atoms with Gasteiger partial charge >= 0.3 is 6.18 Å². The molecule has 3 nitrogen and oxygen atoms in total. The molecule has 17 heavy (non-hydrogen) atoms. The summed E-state index contributed by atoms with van der Waals surface area (Å²) in [4.78, 5) is 11.5. The molecule has 1 aromatic heterocycles. The van der Waals surface area contributed by atoms with Gasteiger partial charge in [-0.25, -0.2) is 0 Å². The summed E-state index contributed by atoms with van der Waals surface area (Å²) < 4.78 is 38.8. The van der Waals surface area contributed by atoms with Crippen molar-refractivity contribution in [2.75, 3.05) is 6.54 Å². The summed E-state index contributed by atoms with van der Waals surface area (Å²) in [5, 5.41) is 2.97. The smallest absolute Gasteiger partial charge is 0.313 e. The van der Waals surface area contributed by atoms with Gasteiger partial charge in [-0.15, -0.1) is 0 Å². The first-order valence-corrected chi connectivity index (χ1v) is 5.36. The topological polar surface area (TPSA) is 34.0 Å². The Morgan fingerprint density at radius 1 is 1.41 bits per heavy atom. The van der Waals surface area contributed by atoms with Crippen molar-refractivity contribution in [1.29, 1.82) is 0 Å². The number of likely N-dealkylation sites (N-methyl/N-ethyl adjacent to an activating group) is 1. The van der Waals surface area contributed by atoms with E-state index < -0.39 is 17.4 Å². The molecule has 1 rings (SSSR count). The predicted octanol–water partition coefficient (Wildman–Crippen LogP) is 1.87. The summed E-state index contributed by atoms with van der Waals surface area (Å²) in [5.41, 5.74) is -1.54. The molecule has 0 spiro atoms. The van der Waals surface area contributed by atoms with E-state index in [1.807, 2.05) is 6.92 Å². The van der Waals surface area contributed by atoms with Crippen LogP contribution < -0.4 is 10.9 Å². The monoisotopic (exact) mass is 248 g/mol. The summed E-state index contributed by atoms with van der Waals surface area (Å²) in [5.74, 6) is 0. The third-order valence-electron chi connectivity index (χ3n) is 2.35. The molecule has 0 aromatic carbocycles. The zero-order chi connectivity index (χ0) is 13.1. The molecule has 0 aliphatic rings. The molecule has 1 aromatic rings. The molecule has 96 valence electrons. The van der Waals surface area contributed by atoms with Crippen LogP contribution in [0.3, 0.4) is 0 Å². The Morgan fingerprint density at radius 3 is 2.59 bits per heavy atom. The summed E-state index contributed by atoms with van der Waals surface area (Å²) in [6.07, 6.45) is -4.51. The van der Waals surface area contributed by atoms with Crippen LogP contribution in [0.25, 0.3) is 0 Å². The van der Waals surface area contributed by atoms with E-state index in [0.29, 0.717) is 6.54 Å². The van der Waals surface area contributed by atoms with Gasteiger partial charge in [-0.05, 0) is 19.5 Å². The third-order valence-corrected chi connectivity index (χ3v) is 2.35. The third kappa shape index (κ3) is 3.59. The molecule has 0 bridgehead atoms. The molecule has 0 amide bonds. The van der Waals surface area contributed by atoms with Crippen LogP contribution in [-0.4, -0.2) is 17.2 Å². The lowest BCUT2D eigenvalue weighted by molar-refractivity contribution is -0.144. The fourth-order valence-corrected chi connectivity index (χ4v) is 1.64. The summed E-state index contributed by atoms with van der Waals surface area (Å²) in [6, 6.07) is 2.98. The lowest BCUT2D eigenvalue weighted by atomic mass is 10.2. The maximum absolute atomic E-state index is 12.7. The van der Waals surface area contributed by atoms with Crippen LogP contribution in [0.5, 0.6) is 0 Å². The summed E-state index contributed by atoms with van der Waals surface area (Å²) in [6.45, 7) is 4.24. The van der Waals surface area contributed by atoms with Crippen LogP contribution in [0, 0.1) is 0 Å².